The number of rotatable bonds is 7. The molecular formula is C17H27NO2. The zero-order valence-electron chi connectivity index (χ0n) is 13.4. The Bertz CT molecular complexity index is 447. The third kappa shape index (κ3) is 5.66. The Morgan fingerprint density at radius 1 is 1.25 bits per heavy atom. The molecule has 0 unspecified atom stereocenters. The summed E-state index contributed by atoms with van der Waals surface area (Å²) in [7, 11) is 1.66. The molecular weight excluding hydrogens is 250 g/mol. The lowest BCUT2D eigenvalue weighted by Crippen LogP contribution is -2.37. The van der Waals surface area contributed by atoms with Gasteiger partial charge in [0.2, 0.25) is 0 Å². The van der Waals surface area contributed by atoms with Crippen LogP contribution in [0.4, 0.5) is 0 Å². The van der Waals surface area contributed by atoms with Gasteiger partial charge in [0.15, 0.2) is 11.5 Å². The molecule has 0 fully saturated rings. The van der Waals surface area contributed by atoms with Crippen molar-refractivity contribution in [2.24, 2.45) is 0 Å². The van der Waals surface area contributed by atoms with Gasteiger partial charge in [-0.3, -0.25) is 0 Å². The molecule has 3 heteroatoms. The number of ether oxygens (including phenoxy) is 2. The Hall–Kier alpha value is -1.48. The summed E-state index contributed by atoms with van der Waals surface area (Å²) in [6.45, 7) is 13.8. The molecule has 0 bridgehead atoms. The quantitative estimate of drug-likeness (QED) is 0.773. The molecule has 1 N–H and O–H groups in total. The maximum Gasteiger partial charge on any atom is 0.161 e. The normalized spacial score (nSPS) is 11.2. The van der Waals surface area contributed by atoms with Crippen LogP contribution < -0.4 is 14.8 Å². The largest absolute Gasteiger partial charge is 0.493 e. The highest BCUT2D eigenvalue weighted by Gasteiger charge is 2.10. The second kappa shape index (κ2) is 7.34. The number of nitrogens with one attached hydrogen (secondary N) is 1. The first kappa shape index (κ1) is 16.6. The van der Waals surface area contributed by atoms with E-state index in [1.807, 2.05) is 12.1 Å². The first-order chi connectivity index (χ1) is 9.35. The average molecular weight is 277 g/mol. The van der Waals surface area contributed by atoms with Gasteiger partial charge in [0.25, 0.3) is 0 Å². The Kier molecular flexibility index (Phi) is 6.08. The summed E-state index contributed by atoms with van der Waals surface area (Å²) in [5, 5.41) is 3.39. The number of methoxy groups -OCH3 is 1. The minimum atomic E-state index is 0.0867. The smallest absolute Gasteiger partial charge is 0.161 e. The Labute approximate surface area is 123 Å². The van der Waals surface area contributed by atoms with Crippen LogP contribution in [0.15, 0.2) is 30.4 Å². The molecule has 0 saturated carbocycles. The van der Waals surface area contributed by atoms with Gasteiger partial charge in [-0.15, -0.1) is 0 Å². The summed E-state index contributed by atoms with van der Waals surface area (Å²) < 4.78 is 11.2. The summed E-state index contributed by atoms with van der Waals surface area (Å²) in [6, 6.07) is 6.04. The lowest BCUT2D eigenvalue weighted by atomic mass is 10.1. The highest BCUT2D eigenvalue weighted by atomic mass is 16.5. The Morgan fingerprint density at radius 2 is 1.95 bits per heavy atom. The minimum Gasteiger partial charge on any atom is -0.493 e. The van der Waals surface area contributed by atoms with Gasteiger partial charge in [-0.05, 0) is 50.5 Å². The van der Waals surface area contributed by atoms with Crippen LogP contribution in [0.25, 0.3) is 0 Å². The molecule has 1 aromatic carbocycles. The van der Waals surface area contributed by atoms with Crippen molar-refractivity contribution in [3.05, 3.63) is 35.9 Å². The molecule has 0 spiro atoms. The molecule has 3 nitrogen and oxygen atoms in total. The number of hydrogen-bond acceptors (Lipinski definition) is 3. The fourth-order valence-electron chi connectivity index (χ4n) is 1.67. The molecule has 0 aliphatic heterocycles. The van der Waals surface area contributed by atoms with E-state index in [1.54, 1.807) is 7.11 Å². The van der Waals surface area contributed by atoms with Crippen molar-refractivity contribution >= 4 is 0 Å². The zero-order chi connectivity index (χ0) is 15.2. The Morgan fingerprint density at radius 3 is 2.50 bits per heavy atom. The fourth-order valence-corrected chi connectivity index (χ4v) is 1.67. The maximum atomic E-state index is 5.79. The highest BCUT2D eigenvalue weighted by molar-refractivity contribution is 5.43. The van der Waals surface area contributed by atoms with E-state index in [-0.39, 0.29) is 5.54 Å². The van der Waals surface area contributed by atoms with Crippen molar-refractivity contribution in [3.8, 4) is 11.5 Å². The van der Waals surface area contributed by atoms with E-state index in [0.717, 1.165) is 30.0 Å². The van der Waals surface area contributed by atoms with Crippen LogP contribution in [-0.2, 0) is 6.42 Å². The van der Waals surface area contributed by atoms with Gasteiger partial charge in [0.05, 0.1) is 7.11 Å². The third-order valence-corrected chi connectivity index (χ3v) is 2.94. The zero-order valence-corrected chi connectivity index (χ0v) is 13.4. The molecule has 0 atom stereocenters. The van der Waals surface area contributed by atoms with Gasteiger partial charge < -0.3 is 14.8 Å². The maximum absolute atomic E-state index is 5.79. The van der Waals surface area contributed by atoms with Crippen molar-refractivity contribution < 1.29 is 9.47 Å². The van der Waals surface area contributed by atoms with Gasteiger partial charge in [-0.25, -0.2) is 0 Å². The molecule has 0 aromatic heterocycles. The molecule has 112 valence electrons. The van der Waals surface area contributed by atoms with Crippen LogP contribution in [-0.4, -0.2) is 25.8 Å². The van der Waals surface area contributed by atoms with Crippen molar-refractivity contribution in [1.29, 1.82) is 0 Å². The summed E-state index contributed by atoms with van der Waals surface area (Å²) in [5.41, 5.74) is 2.34. The van der Waals surface area contributed by atoms with E-state index in [0.29, 0.717) is 6.61 Å². The summed E-state index contributed by atoms with van der Waals surface area (Å²) in [6.07, 6.45) is 0.985. The number of benzene rings is 1. The monoisotopic (exact) mass is 277 g/mol. The molecule has 0 saturated heterocycles. The summed E-state index contributed by atoms with van der Waals surface area (Å²) in [4.78, 5) is 0. The fraction of sp³-hybridized carbons (Fsp3) is 0.529. The van der Waals surface area contributed by atoms with Crippen LogP contribution in [0, 0.1) is 0 Å². The Balaban J connectivity index is 2.55. The van der Waals surface area contributed by atoms with Crippen molar-refractivity contribution in [3.63, 3.8) is 0 Å². The van der Waals surface area contributed by atoms with E-state index in [9.17, 15) is 0 Å². The molecule has 0 amide bonds. The van der Waals surface area contributed by atoms with Crippen LogP contribution in [0.5, 0.6) is 11.5 Å². The lowest BCUT2D eigenvalue weighted by molar-refractivity contribution is 0.313. The van der Waals surface area contributed by atoms with Gasteiger partial charge in [-0.2, -0.15) is 0 Å². The van der Waals surface area contributed by atoms with Crippen LogP contribution >= 0.6 is 0 Å². The second-order valence-corrected chi connectivity index (χ2v) is 5.98. The van der Waals surface area contributed by atoms with E-state index in [1.165, 1.54) is 5.56 Å². The standard InChI is InChI=1S/C17H27NO2/c1-7-14-8-9-15(16(10-14)19-6)20-12-13(2)11-18-17(3,4)5/h8-10,18H,2,7,11-12H2,1,3-6H3. The predicted molar refractivity (Wildman–Crippen MR) is 84.8 cm³/mol. The number of hydrogen-bond donors (Lipinski definition) is 1. The van der Waals surface area contributed by atoms with E-state index in [4.69, 9.17) is 9.47 Å². The molecule has 0 aliphatic rings. The van der Waals surface area contributed by atoms with E-state index in [2.05, 4.69) is 45.7 Å². The predicted octanol–water partition coefficient (Wildman–Crippen LogP) is 3.58. The van der Waals surface area contributed by atoms with Crippen molar-refractivity contribution in [1.82, 2.24) is 5.32 Å². The first-order valence-electron chi connectivity index (χ1n) is 7.07. The topological polar surface area (TPSA) is 30.5 Å². The first-order valence-corrected chi connectivity index (χ1v) is 7.07. The molecule has 20 heavy (non-hydrogen) atoms. The molecule has 0 radical (unpaired) electrons. The second-order valence-electron chi connectivity index (χ2n) is 5.98. The average Bonchev–Trinajstić information content (AvgIpc) is 2.41. The van der Waals surface area contributed by atoms with Gasteiger partial charge >= 0.3 is 0 Å². The number of aryl methyl sites for hydroxylation is 1. The van der Waals surface area contributed by atoms with E-state index < -0.39 is 0 Å². The van der Waals surface area contributed by atoms with Crippen LogP contribution in [0.2, 0.25) is 0 Å². The molecule has 0 heterocycles. The van der Waals surface area contributed by atoms with Crippen molar-refractivity contribution in [2.75, 3.05) is 20.3 Å². The molecule has 1 aromatic rings. The van der Waals surface area contributed by atoms with E-state index >= 15 is 0 Å². The van der Waals surface area contributed by atoms with Crippen molar-refractivity contribution in [2.45, 2.75) is 39.7 Å². The SMILES string of the molecule is C=C(CNC(C)(C)C)COc1ccc(CC)cc1OC. The third-order valence-electron chi connectivity index (χ3n) is 2.94. The van der Waals surface area contributed by atoms with Crippen LogP contribution in [0.1, 0.15) is 33.3 Å². The molecule has 1 rings (SSSR count). The van der Waals surface area contributed by atoms with Crippen LogP contribution in [0.3, 0.4) is 0 Å². The molecule has 0 aliphatic carbocycles. The van der Waals surface area contributed by atoms with Gasteiger partial charge in [0, 0.05) is 12.1 Å². The van der Waals surface area contributed by atoms with Gasteiger partial charge in [-0.1, -0.05) is 19.6 Å². The summed E-state index contributed by atoms with van der Waals surface area (Å²) >= 11 is 0. The highest BCUT2D eigenvalue weighted by Crippen LogP contribution is 2.28. The lowest BCUT2D eigenvalue weighted by Gasteiger charge is -2.21. The summed E-state index contributed by atoms with van der Waals surface area (Å²) in [5.74, 6) is 1.54. The minimum absolute atomic E-state index is 0.0867. The van der Waals surface area contributed by atoms with Gasteiger partial charge in [0.1, 0.15) is 6.61 Å².